The molecule has 0 aliphatic heterocycles. The van der Waals surface area contributed by atoms with Crippen LogP contribution in [-0.2, 0) is 42.9 Å². The van der Waals surface area contributed by atoms with Crippen LogP contribution < -0.4 is 21.3 Å². The van der Waals surface area contributed by atoms with Gasteiger partial charge in [0.05, 0.1) is 46.1 Å². The highest BCUT2D eigenvalue weighted by atomic mass is 16.6. The van der Waals surface area contributed by atoms with Crippen molar-refractivity contribution in [3.63, 3.8) is 0 Å². The van der Waals surface area contributed by atoms with Gasteiger partial charge in [-0.05, 0) is 83.2 Å². The van der Waals surface area contributed by atoms with Crippen molar-refractivity contribution in [2.45, 2.75) is 135 Å². The Morgan fingerprint density at radius 2 is 0.964 bits per heavy atom. The summed E-state index contributed by atoms with van der Waals surface area (Å²) >= 11 is 0. The molecule has 0 aromatic heterocycles. The Morgan fingerprint density at radius 1 is 0.554 bits per heavy atom. The van der Waals surface area contributed by atoms with Crippen molar-refractivity contribution in [1.29, 1.82) is 0 Å². The zero-order valence-electron chi connectivity index (χ0n) is 34.2. The highest BCUT2D eigenvalue weighted by Gasteiger charge is 2.33. The molecule has 0 aromatic rings. The molecule has 0 bridgehead atoms. The maximum Gasteiger partial charge on any atom is 0.308 e. The molecule has 0 heterocycles. The van der Waals surface area contributed by atoms with E-state index in [2.05, 4.69) is 48.2 Å². The van der Waals surface area contributed by atoms with Crippen LogP contribution in [0.3, 0.4) is 0 Å². The summed E-state index contributed by atoms with van der Waals surface area (Å²) in [6.07, 6.45) is 6.31. The summed E-state index contributed by atoms with van der Waals surface area (Å²) in [7, 11) is 0. The largest absolute Gasteiger partial charge is 0.460 e. The zero-order chi connectivity index (χ0) is 41.8. The van der Waals surface area contributed by atoms with E-state index in [1.807, 2.05) is 0 Å². The van der Waals surface area contributed by atoms with Gasteiger partial charge >= 0.3 is 5.97 Å². The Kier molecular flexibility index (Phi) is 31.6. The summed E-state index contributed by atoms with van der Waals surface area (Å²) in [6, 6.07) is 0. The second-order valence-electron chi connectivity index (χ2n) is 14.3. The summed E-state index contributed by atoms with van der Waals surface area (Å²) in [5, 5.41) is 18.7. The lowest BCUT2D eigenvalue weighted by molar-refractivity contribution is -0.156. The molecule has 0 fully saturated rings. The SMILES string of the molecule is CCCCCNC(=O)CCC(CCC(=O)NCCCCN=[N+]=[N-])(CCC(=O)NCCCCN=[N+]=[N-])NC(=O)CCOCCOCCOCCC(=O)OC(C)(C)C. The first-order valence-corrected chi connectivity index (χ1v) is 19.9. The van der Waals surface area contributed by atoms with E-state index in [-0.39, 0.29) is 107 Å². The summed E-state index contributed by atoms with van der Waals surface area (Å²) in [4.78, 5) is 69.2. The molecular weight excluding hydrogens is 728 g/mol. The number of carbonyl (C=O) groups excluding carboxylic acids is 5. The monoisotopic (exact) mass is 797 g/mol. The molecule has 19 nitrogen and oxygen atoms in total. The molecule has 0 atom stereocenters. The van der Waals surface area contributed by atoms with E-state index >= 15 is 0 Å². The number of amides is 4. The molecule has 0 aliphatic rings. The van der Waals surface area contributed by atoms with Crippen LogP contribution in [0, 0.1) is 0 Å². The second kappa shape index (κ2) is 34.1. The van der Waals surface area contributed by atoms with Crippen molar-refractivity contribution in [2.24, 2.45) is 10.2 Å². The lowest BCUT2D eigenvalue weighted by Gasteiger charge is -2.35. The third kappa shape index (κ3) is 33.2. The average molecular weight is 797 g/mol. The van der Waals surface area contributed by atoms with Gasteiger partial charge in [0.1, 0.15) is 5.60 Å². The molecule has 0 aliphatic carbocycles. The number of ether oxygens (including phenoxy) is 4. The van der Waals surface area contributed by atoms with Gasteiger partial charge in [0.25, 0.3) is 0 Å². The number of nitrogens with one attached hydrogen (secondary N) is 4. The first-order valence-electron chi connectivity index (χ1n) is 19.9. The molecule has 0 spiro atoms. The highest BCUT2D eigenvalue weighted by molar-refractivity contribution is 5.80. The van der Waals surface area contributed by atoms with Crippen LogP contribution in [-0.4, -0.2) is 113 Å². The third-order valence-electron chi connectivity index (χ3n) is 8.23. The fourth-order valence-electron chi connectivity index (χ4n) is 5.26. The van der Waals surface area contributed by atoms with E-state index in [1.165, 1.54) is 0 Å². The Balaban J connectivity index is 5.30. The van der Waals surface area contributed by atoms with Gasteiger partial charge in [0, 0.05) is 73.8 Å². The number of carbonyl (C=O) groups is 5. The van der Waals surface area contributed by atoms with Crippen LogP contribution in [0.2, 0.25) is 0 Å². The fraction of sp³-hybridized carbons (Fsp3) is 0.865. The predicted octanol–water partition coefficient (Wildman–Crippen LogP) is 5.07. The van der Waals surface area contributed by atoms with E-state index in [9.17, 15) is 24.0 Å². The van der Waals surface area contributed by atoms with Crippen LogP contribution >= 0.6 is 0 Å². The van der Waals surface area contributed by atoms with Gasteiger partial charge in [-0.25, -0.2) is 0 Å². The minimum atomic E-state index is -1.04. The molecule has 0 rings (SSSR count). The topological polar surface area (TPSA) is 268 Å². The second-order valence-corrected chi connectivity index (χ2v) is 14.3. The van der Waals surface area contributed by atoms with Crippen LogP contribution in [0.25, 0.3) is 20.9 Å². The molecule has 19 heteroatoms. The van der Waals surface area contributed by atoms with Crippen LogP contribution in [0.5, 0.6) is 0 Å². The number of nitrogens with zero attached hydrogens (tertiary/aromatic N) is 6. The minimum Gasteiger partial charge on any atom is -0.460 e. The molecule has 0 saturated carbocycles. The fourth-order valence-corrected chi connectivity index (χ4v) is 5.26. The minimum absolute atomic E-state index is 0.00743. The van der Waals surface area contributed by atoms with Crippen molar-refractivity contribution in [3.8, 4) is 0 Å². The number of rotatable bonds is 36. The zero-order valence-corrected chi connectivity index (χ0v) is 34.2. The van der Waals surface area contributed by atoms with Gasteiger partial charge in [-0.2, -0.15) is 0 Å². The first-order chi connectivity index (χ1) is 26.9. The van der Waals surface area contributed by atoms with Gasteiger partial charge in [0.15, 0.2) is 0 Å². The van der Waals surface area contributed by atoms with Crippen LogP contribution in [0.1, 0.15) is 124 Å². The van der Waals surface area contributed by atoms with Gasteiger partial charge in [-0.3, -0.25) is 24.0 Å². The predicted molar refractivity (Wildman–Crippen MR) is 211 cm³/mol. The molecule has 0 saturated heterocycles. The van der Waals surface area contributed by atoms with Gasteiger partial charge in [0.2, 0.25) is 23.6 Å². The molecule has 56 heavy (non-hydrogen) atoms. The third-order valence-corrected chi connectivity index (χ3v) is 8.23. The summed E-state index contributed by atoms with van der Waals surface area (Å²) in [5.41, 5.74) is 15.3. The van der Waals surface area contributed by atoms with Gasteiger partial charge in [-0.1, -0.05) is 30.0 Å². The van der Waals surface area contributed by atoms with Crippen molar-refractivity contribution in [3.05, 3.63) is 20.9 Å². The summed E-state index contributed by atoms with van der Waals surface area (Å²) in [6.45, 7) is 10.9. The lowest BCUT2D eigenvalue weighted by Crippen LogP contribution is -2.50. The number of azide groups is 2. The van der Waals surface area contributed by atoms with Crippen molar-refractivity contribution in [2.75, 3.05) is 72.4 Å². The van der Waals surface area contributed by atoms with E-state index in [4.69, 9.17) is 30.0 Å². The standard InChI is InChI=1S/C37H68N10O9/c1-5-6-7-20-40-31(48)12-17-37(18-13-32(49)41-21-8-10-23-43-46-38,19-14-33(50)42-22-9-11-24-44-47-39)45-34(51)15-25-53-27-29-55-30-28-54-26-16-35(52)56-36(2,3)4/h5-30H2,1-4H3,(H,40,48)(H,41,49)(H,42,50)(H,45,51). The Morgan fingerprint density at radius 3 is 1.38 bits per heavy atom. The molecule has 0 aromatic carbocycles. The van der Waals surface area contributed by atoms with Crippen molar-refractivity contribution >= 4 is 29.6 Å². The van der Waals surface area contributed by atoms with E-state index < -0.39 is 11.1 Å². The normalized spacial score (nSPS) is 12.0. The number of unbranched alkanes of at least 4 members (excludes halogenated alkanes) is 4. The van der Waals surface area contributed by atoms with Crippen molar-refractivity contribution in [1.82, 2.24) is 21.3 Å². The Labute approximate surface area is 332 Å². The Hall–Kier alpha value is -4.15. The molecule has 0 unspecified atom stereocenters. The van der Waals surface area contributed by atoms with E-state index in [0.29, 0.717) is 71.6 Å². The first kappa shape index (κ1) is 51.9. The van der Waals surface area contributed by atoms with Crippen LogP contribution in [0.4, 0.5) is 0 Å². The molecule has 4 amide bonds. The smallest absolute Gasteiger partial charge is 0.308 e. The quantitative estimate of drug-likeness (QED) is 0.0216. The summed E-state index contributed by atoms with van der Waals surface area (Å²) < 4.78 is 21.8. The average Bonchev–Trinajstić information content (AvgIpc) is 3.15. The van der Waals surface area contributed by atoms with E-state index in [1.54, 1.807) is 20.8 Å². The summed E-state index contributed by atoms with van der Waals surface area (Å²) in [5.74, 6) is -1.32. The highest BCUT2D eigenvalue weighted by Crippen LogP contribution is 2.26. The van der Waals surface area contributed by atoms with Gasteiger partial charge < -0.3 is 40.2 Å². The number of hydrogen-bond donors (Lipinski definition) is 4. The molecule has 0 radical (unpaired) electrons. The number of esters is 1. The maximum absolute atomic E-state index is 13.3. The van der Waals surface area contributed by atoms with E-state index in [0.717, 1.165) is 19.3 Å². The maximum atomic E-state index is 13.3. The van der Waals surface area contributed by atoms with Gasteiger partial charge in [-0.15, -0.1) is 0 Å². The molecule has 320 valence electrons. The molecular formula is C37H68N10O9. The Bertz CT molecular complexity index is 1180. The van der Waals surface area contributed by atoms with Crippen LogP contribution in [0.15, 0.2) is 10.2 Å². The molecule has 4 N–H and O–H groups in total. The van der Waals surface area contributed by atoms with Crippen molar-refractivity contribution < 1.29 is 42.9 Å². The lowest BCUT2D eigenvalue weighted by atomic mass is 9.83. The number of hydrogen-bond acceptors (Lipinski definition) is 11.